The van der Waals surface area contributed by atoms with Gasteiger partial charge < -0.3 is 11.1 Å². The highest BCUT2D eigenvalue weighted by atomic mass is 127. The Labute approximate surface area is 132 Å². The maximum absolute atomic E-state index is 13.1. The summed E-state index contributed by atoms with van der Waals surface area (Å²) in [6.07, 6.45) is 4.27. The molecule has 0 spiro atoms. The number of halogens is 2. The summed E-state index contributed by atoms with van der Waals surface area (Å²) in [5.41, 5.74) is 6.13. The predicted octanol–water partition coefficient (Wildman–Crippen LogP) is 3.07. The summed E-state index contributed by atoms with van der Waals surface area (Å²) in [6, 6.07) is 4.22. The predicted molar refractivity (Wildman–Crippen MR) is 86.0 cm³/mol. The minimum absolute atomic E-state index is 0.159. The number of carbonyl (C=O) groups is 1. The summed E-state index contributed by atoms with van der Waals surface area (Å²) < 4.78 is 13.7. The van der Waals surface area contributed by atoms with Crippen molar-refractivity contribution >= 4 is 28.5 Å². The van der Waals surface area contributed by atoms with E-state index in [1.807, 2.05) is 22.6 Å². The molecule has 0 heterocycles. The quantitative estimate of drug-likeness (QED) is 0.780. The molecule has 5 heteroatoms. The summed E-state index contributed by atoms with van der Waals surface area (Å²) in [7, 11) is 0. The third kappa shape index (κ3) is 3.14. The molecule has 2 atom stereocenters. The van der Waals surface area contributed by atoms with Crippen LogP contribution >= 0.6 is 22.6 Å². The fraction of sp³-hybridized carbons (Fsp3) is 0.533. The van der Waals surface area contributed by atoms with Crippen molar-refractivity contribution in [2.24, 2.45) is 11.7 Å². The van der Waals surface area contributed by atoms with E-state index in [4.69, 9.17) is 5.73 Å². The first-order valence-electron chi connectivity index (χ1n) is 6.96. The van der Waals surface area contributed by atoms with Gasteiger partial charge in [0.2, 0.25) is 0 Å². The van der Waals surface area contributed by atoms with Crippen LogP contribution in [0.2, 0.25) is 0 Å². The van der Waals surface area contributed by atoms with E-state index in [1.165, 1.54) is 24.6 Å². The van der Waals surface area contributed by atoms with Crippen LogP contribution in [0.5, 0.6) is 0 Å². The van der Waals surface area contributed by atoms with E-state index < -0.39 is 0 Å². The molecule has 110 valence electrons. The number of hydrogen-bond acceptors (Lipinski definition) is 2. The largest absolute Gasteiger partial charge is 0.345 e. The molecule has 0 radical (unpaired) electrons. The van der Waals surface area contributed by atoms with E-state index in [9.17, 15) is 9.18 Å². The number of nitrogens with one attached hydrogen (secondary N) is 1. The summed E-state index contributed by atoms with van der Waals surface area (Å²) in [6.45, 7) is 2.58. The van der Waals surface area contributed by atoms with E-state index >= 15 is 0 Å². The summed E-state index contributed by atoms with van der Waals surface area (Å²) in [5.74, 6) is -0.123. The molecule has 2 unspecified atom stereocenters. The Bertz CT molecular complexity index is 509. The lowest BCUT2D eigenvalue weighted by Gasteiger charge is -2.42. The molecule has 1 fully saturated rings. The third-order valence-corrected chi connectivity index (χ3v) is 5.25. The standard InChI is InChI=1S/C15H20FIN2O/c1-10-4-2-3-7-15(10,9-18)19-14(20)12-6-5-11(16)8-13(12)17/h5-6,8,10H,2-4,7,9,18H2,1H3,(H,19,20). The van der Waals surface area contributed by atoms with Crippen LogP contribution in [0.1, 0.15) is 43.0 Å². The van der Waals surface area contributed by atoms with E-state index in [1.54, 1.807) is 0 Å². The van der Waals surface area contributed by atoms with Crippen molar-refractivity contribution in [2.45, 2.75) is 38.1 Å². The first-order valence-corrected chi connectivity index (χ1v) is 8.04. The molecule has 0 saturated heterocycles. The van der Waals surface area contributed by atoms with Gasteiger partial charge in [0.25, 0.3) is 5.91 Å². The zero-order valence-electron chi connectivity index (χ0n) is 11.6. The first-order chi connectivity index (χ1) is 9.48. The molecular formula is C15H20FIN2O. The van der Waals surface area contributed by atoms with Gasteiger partial charge in [-0.25, -0.2) is 4.39 Å². The molecule has 1 aliphatic carbocycles. The summed E-state index contributed by atoms with van der Waals surface area (Å²) >= 11 is 1.99. The molecule has 1 aromatic carbocycles. The van der Waals surface area contributed by atoms with E-state index in [0.717, 1.165) is 19.3 Å². The maximum atomic E-state index is 13.1. The smallest absolute Gasteiger partial charge is 0.252 e. The SMILES string of the molecule is CC1CCCCC1(CN)NC(=O)c1ccc(F)cc1I. The second-order valence-corrected chi connectivity index (χ2v) is 6.75. The average molecular weight is 390 g/mol. The zero-order valence-corrected chi connectivity index (χ0v) is 13.7. The highest BCUT2D eigenvalue weighted by Crippen LogP contribution is 2.33. The van der Waals surface area contributed by atoms with Crippen LogP contribution in [-0.2, 0) is 0 Å². The average Bonchev–Trinajstić information content (AvgIpc) is 2.41. The van der Waals surface area contributed by atoms with Gasteiger partial charge in [-0.2, -0.15) is 0 Å². The number of benzene rings is 1. The first kappa shape index (κ1) is 15.7. The molecule has 2 rings (SSSR count). The van der Waals surface area contributed by atoms with Gasteiger partial charge in [-0.3, -0.25) is 4.79 Å². The lowest BCUT2D eigenvalue weighted by Crippen LogP contribution is -2.59. The lowest BCUT2D eigenvalue weighted by molar-refractivity contribution is 0.0812. The Balaban J connectivity index is 2.20. The molecule has 1 aliphatic rings. The van der Waals surface area contributed by atoms with Gasteiger partial charge >= 0.3 is 0 Å². The highest BCUT2D eigenvalue weighted by Gasteiger charge is 2.38. The van der Waals surface area contributed by atoms with Crippen molar-refractivity contribution in [3.8, 4) is 0 Å². The Hall–Kier alpha value is -0.690. The van der Waals surface area contributed by atoms with Crippen LogP contribution < -0.4 is 11.1 Å². The van der Waals surface area contributed by atoms with Gasteiger partial charge in [-0.15, -0.1) is 0 Å². The van der Waals surface area contributed by atoms with E-state index in [0.29, 0.717) is 21.6 Å². The number of rotatable bonds is 3. The van der Waals surface area contributed by atoms with Crippen molar-refractivity contribution < 1.29 is 9.18 Å². The number of hydrogen-bond donors (Lipinski definition) is 2. The molecule has 1 aromatic rings. The molecule has 1 amide bonds. The second-order valence-electron chi connectivity index (χ2n) is 5.59. The van der Waals surface area contributed by atoms with Crippen molar-refractivity contribution in [2.75, 3.05) is 6.54 Å². The summed E-state index contributed by atoms with van der Waals surface area (Å²) in [5, 5.41) is 3.12. The zero-order chi connectivity index (χ0) is 14.8. The molecule has 0 aliphatic heterocycles. The van der Waals surface area contributed by atoms with Crippen LogP contribution in [0.25, 0.3) is 0 Å². The minimum Gasteiger partial charge on any atom is -0.345 e. The van der Waals surface area contributed by atoms with Gasteiger partial charge in [0.1, 0.15) is 5.82 Å². The van der Waals surface area contributed by atoms with E-state index in [-0.39, 0.29) is 17.3 Å². The topological polar surface area (TPSA) is 55.1 Å². The molecule has 20 heavy (non-hydrogen) atoms. The molecular weight excluding hydrogens is 370 g/mol. The Morgan fingerprint density at radius 1 is 1.55 bits per heavy atom. The lowest BCUT2D eigenvalue weighted by atomic mass is 9.73. The fourth-order valence-corrected chi connectivity index (χ4v) is 3.64. The molecule has 1 saturated carbocycles. The van der Waals surface area contributed by atoms with E-state index in [2.05, 4.69) is 12.2 Å². The van der Waals surface area contributed by atoms with Gasteiger partial charge in [-0.1, -0.05) is 19.8 Å². The van der Waals surface area contributed by atoms with Gasteiger partial charge in [-0.05, 0) is 59.5 Å². The Kier molecular flexibility index (Phi) is 5.01. The highest BCUT2D eigenvalue weighted by molar-refractivity contribution is 14.1. The van der Waals surface area contributed by atoms with Crippen molar-refractivity contribution in [3.63, 3.8) is 0 Å². The van der Waals surface area contributed by atoms with Crippen molar-refractivity contribution in [1.29, 1.82) is 0 Å². The number of nitrogens with two attached hydrogens (primary N) is 1. The number of carbonyl (C=O) groups excluding carboxylic acids is 1. The normalized spacial score (nSPS) is 26.3. The van der Waals surface area contributed by atoms with Gasteiger partial charge in [0, 0.05) is 10.1 Å². The van der Waals surface area contributed by atoms with Crippen LogP contribution in [-0.4, -0.2) is 18.0 Å². The van der Waals surface area contributed by atoms with Gasteiger partial charge in [0.05, 0.1) is 11.1 Å². The monoisotopic (exact) mass is 390 g/mol. The summed E-state index contributed by atoms with van der Waals surface area (Å²) in [4.78, 5) is 12.5. The van der Waals surface area contributed by atoms with Crippen LogP contribution in [0.3, 0.4) is 0 Å². The Morgan fingerprint density at radius 2 is 2.30 bits per heavy atom. The molecule has 0 aromatic heterocycles. The molecule has 3 N–H and O–H groups in total. The van der Waals surface area contributed by atoms with Crippen LogP contribution in [0, 0.1) is 15.3 Å². The van der Waals surface area contributed by atoms with Crippen LogP contribution in [0.4, 0.5) is 4.39 Å². The fourth-order valence-electron chi connectivity index (χ4n) is 2.92. The minimum atomic E-state index is -0.328. The van der Waals surface area contributed by atoms with Gasteiger partial charge in [0.15, 0.2) is 0 Å². The Morgan fingerprint density at radius 3 is 2.90 bits per heavy atom. The second kappa shape index (κ2) is 6.39. The molecule has 0 bridgehead atoms. The third-order valence-electron chi connectivity index (χ3n) is 4.36. The maximum Gasteiger partial charge on any atom is 0.252 e. The van der Waals surface area contributed by atoms with Crippen molar-refractivity contribution in [3.05, 3.63) is 33.1 Å². The molecule has 3 nitrogen and oxygen atoms in total. The number of amides is 1. The van der Waals surface area contributed by atoms with Crippen molar-refractivity contribution in [1.82, 2.24) is 5.32 Å². The van der Waals surface area contributed by atoms with Crippen LogP contribution in [0.15, 0.2) is 18.2 Å².